The number of rotatable bonds is 5. The number of amides is 1. The van der Waals surface area contributed by atoms with Crippen LogP contribution in [0.4, 0.5) is 0 Å². The van der Waals surface area contributed by atoms with Crippen molar-refractivity contribution in [2.75, 3.05) is 33.8 Å². The van der Waals surface area contributed by atoms with E-state index in [0.29, 0.717) is 25.4 Å². The van der Waals surface area contributed by atoms with E-state index >= 15 is 0 Å². The van der Waals surface area contributed by atoms with Gasteiger partial charge >= 0.3 is 0 Å². The minimum atomic E-state index is -3.59. The minimum absolute atomic E-state index is 0.151. The van der Waals surface area contributed by atoms with Crippen molar-refractivity contribution in [3.8, 4) is 5.75 Å². The Morgan fingerprint density at radius 2 is 1.83 bits per heavy atom. The molecule has 1 aliphatic heterocycles. The molecule has 0 spiro atoms. The predicted octanol–water partition coefficient (Wildman–Crippen LogP) is 2.35. The highest BCUT2D eigenvalue weighted by molar-refractivity contribution is 7.89. The summed E-state index contributed by atoms with van der Waals surface area (Å²) in [6.45, 7) is 3.46. The van der Waals surface area contributed by atoms with Crippen LogP contribution < -0.4 is 4.74 Å². The lowest BCUT2D eigenvalue weighted by molar-refractivity contribution is 0.0799. The first kappa shape index (κ1) is 18.7. The molecule has 0 aliphatic carbocycles. The third-order valence-electron chi connectivity index (χ3n) is 4.43. The molecule has 0 saturated carbocycles. The zero-order valence-corrected chi connectivity index (χ0v) is 15.4. The summed E-state index contributed by atoms with van der Waals surface area (Å²) in [5.74, 6) is 0.136. The van der Waals surface area contributed by atoms with Crippen molar-refractivity contribution in [3.63, 3.8) is 0 Å². The van der Waals surface area contributed by atoms with Crippen molar-refractivity contribution in [3.05, 3.63) is 23.8 Å². The van der Waals surface area contributed by atoms with Crippen LogP contribution in [0.1, 0.15) is 43.0 Å². The maximum Gasteiger partial charge on any atom is 0.257 e. The molecular weight excluding hydrogens is 328 g/mol. The van der Waals surface area contributed by atoms with E-state index in [1.54, 1.807) is 13.1 Å². The lowest BCUT2D eigenvalue weighted by Gasteiger charge is -2.21. The monoisotopic (exact) mass is 354 g/mol. The minimum Gasteiger partial charge on any atom is -0.496 e. The van der Waals surface area contributed by atoms with E-state index in [1.807, 2.05) is 6.92 Å². The van der Waals surface area contributed by atoms with Crippen molar-refractivity contribution in [1.29, 1.82) is 0 Å². The average Bonchev–Trinajstić information content (AvgIpc) is 2.89. The molecule has 0 N–H and O–H groups in total. The van der Waals surface area contributed by atoms with Crippen molar-refractivity contribution >= 4 is 15.9 Å². The van der Waals surface area contributed by atoms with Crippen LogP contribution in [-0.4, -0.2) is 57.3 Å². The van der Waals surface area contributed by atoms with Gasteiger partial charge in [0.2, 0.25) is 10.0 Å². The third kappa shape index (κ3) is 3.89. The van der Waals surface area contributed by atoms with E-state index in [2.05, 4.69) is 0 Å². The first-order chi connectivity index (χ1) is 11.4. The van der Waals surface area contributed by atoms with E-state index in [1.165, 1.54) is 28.4 Å². The molecule has 7 heteroatoms. The molecular formula is C17H26N2O4S. The Balaban J connectivity index is 2.41. The fourth-order valence-electron chi connectivity index (χ4n) is 2.80. The first-order valence-electron chi connectivity index (χ1n) is 8.35. The molecule has 134 valence electrons. The molecule has 24 heavy (non-hydrogen) atoms. The van der Waals surface area contributed by atoms with E-state index in [-0.39, 0.29) is 16.4 Å². The molecule has 1 aromatic carbocycles. The van der Waals surface area contributed by atoms with Crippen LogP contribution in [0.5, 0.6) is 5.75 Å². The molecule has 2 rings (SSSR count). The molecule has 0 bridgehead atoms. The fraction of sp³-hybridized carbons (Fsp3) is 0.588. The molecule has 0 radical (unpaired) electrons. The Bertz CT molecular complexity index is 680. The Morgan fingerprint density at radius 1 is 1.21 bits per heavy atom. The lowest BCUT2D eigenvalue weighted by Crippen LogP contribution is -2.32. The number of hydrogen-bond acceptors (Lipinski definition) is 4. The molecule has 1 heterocycles. The zero-order chi connectivity index (χ0) is 17.7. The largest absolute Gasteiger partial charge is 0.496 e. The van der Waals surface area contributed by atoms with E-state index in [0.717, 1.165) is 25.7 Å². The average molecular weight is 354 g/mol. The number of benzene rings is 1. The Kier molecular flexibility index (Phi) is 6.23. The van der Waals surface area contributed by atoms with Crippen molar-refractivity contribution in [2.24, 2.45) is 0 Å². The lowest BCUT2D eigenvalue weighted by atomic mass is 10.2. The summed E-state index contributed by atoms with van der Waals surface area (Å²) in [6.07, 6.45) is 3.86. The van der Waals surface area contributed by atoms with Gasteiger partial charge in [-0.15, -0.1) is 0 Å². The Hall–Kier alpha value is -1.60. The van der Waals surface area contributed by atoms with Gasteiger partial charge in [0.1, 0.15) is 5.75 Å². The van der Waals surface area contributed by atoms with Gasteiger partial charge < -0.3 is 9.64 Å². The zero-order valence-electron chi connectivity index (χ0n) is 14.6. The Labute approximate surface area is 144 Å². The molecule has 0 atom stereocenters. The van der Waals surface area contributed by atoms with Crippen molar-refractivity contribution in [1.82, 2.24) is 9.21 Å². The van der Waals surface area contributed by atoms with Crippen LogP contribution >= 0.6 is 0 Å². The maximum atomic E-state index is 12.9. The number of sulfonamides is 1. The normalized spacial score (nSPS) is 16.5. The van der Waals surface area contributed by atoms with Gasteiger partial charge in [0, 0.05) is 26.7 Å². The SMILES string of the molecule is CCN(C)C(=O)c1cc(S(=O)(=O)N2CCCCCC2)ccc1OC. The van der Waals surface area contributed by atoms with Gasteiger partial charge in [0.25, 0.3) is 5.91 Å². The summed E-state index contributed by atoms with van der Waals surface area (Å²) in [5.41, 5.74) is 0.276. The number of nitrogens with zero attached hydrogens (tertiary/aromatic N) is 2. The predicted molar refractivity (Wildman–Crippen MR) is 92.9 cm³/mol. The van der Waals surface area contributed by atoms with E-state index in [9.17, 15) is 13.2 Å². The molecule has 1 fully saturated rings. The van der Waals surface area contributed by atoms with Gasteiger partial charge in [-0.3, -0.25) is 4.79 Å². The van der Waals surface area contributed by atoms with Gasteiger partial charge in [-0.1, -0.05) is 12.8 Å². The highest BCUT2D eigenvalue weighted by atomic mass is 32.2. The van der Waals surface area contributed by atoms with E-state index < -0.39 is 10.0 Å². The summed E-state index contributed by atoms with van der Waals surface area (Å²) in [6, 6.07) is 4.51. The van der Waals surface area contributed by atoms with E-state index in [4.69, 9.17) is 4.74 Å². The molecule has 6 nitrogen and oxygen atoms in total. The van der Waals surface area contributed by atoms with Gasteiger partial charge in [-0.2, -0.15) is 4.31 Å². The van der Waals surface area contributed by atoms with Gasteiger partial charge in [0.15, 0.2) is 0 Å². The number of ether oxygens (including phenoxy) is 1. The summed E-state index contributed by atoms with van der Waals surface area (Å²) in [4.78, 5) is 14.2. The quantitative estimate of drug-likeness (QED) is 0.814. The van der Waals surface area contributed by atoms with Crippen LogP contribution in [-0.2, 0) is 10.0 Å². The van der Waals surface area contributed by atoms with Gasteiger partial charge in [-0.25, -0.2) is 8.42 Å². The van der Waals surface area contributed by atoms with Crippen molar-refractivity contribution < 1.29 is 17.9 Å². The highest BCUT2D eigenvalue weighted by Gasteiger charge is 2.27. The molecule has 1 aromatic rings. The summed E-state index contributed by atoms with van der Waals surface area (Å²) in [7, 11) is -0.440. The summed E-state index contributed by atoms with van der Waals surface area (Å²) >= 11 is 0. The van der Waals surface area contributed by atoms with Crippen LogP contribution in [0.2, 0.25) is 0 Å². The topological polar surface area (TPSA) is 66.9 Å². The molecule has 1 amide bonds. The smallest absolute Gasteiger partial charge is 0.257 e. The van der Waals surface area contributed by atoms with Crippen molar-refractivity contribution in [2.45, 2.75) is 37.5 Å². The second-order valence-electron chi connectivity index (χ2n) is 6.00. The Morgan fingerprint density at radius 3 is 2.38 bits per heavy atom. The number of hydrogen-bond donors (Lipinski definition) is 0. The summed E-state index contributed by atoms with van der Waals surface area (Å²) < 4.78 is 32.6. The van der Waals surface area contributed by atoms with Crippen LogP contribution in [0.25, 0.3) is 0 Å². The fourth-order valence-corrected chi connectivity index (χ4v) is 4.34. The molecule has 1 aliphatic rings. The van der Waals surface area contributed by atoms with Crippen LogP contribution in [0.3, 0.4) is 0 Å². The highest BCUT2D eigenvalue weighted by Crippen LogP contribution is 2.27. The molecule has 0 unspecified atom stereocenters. The number of carbonyl (C=O) groups is 1. The van der Waals surface area contributed by atoms with Gasteiger partial charge in [0.05, 0.1) is 17.6 Å². The van der Waals surface area contributed by atoms with Crippen LogP contribution in [0, 0.1) is 0 Å². The summed E-state index contributed by atoms with van der Waals surface area (Å²) in [5, 5.41) is 0. The standard InChI is InChI=1S/C17H26N2O4S/c1-4-18(2)17(20)15-13-14(9-10-16(15)23-3)24(21,22)19-11-7-5-6-8-12-19/h9-10,13H,4-8,11-12H2,1-3H3. The molecule has 1 saturated heterocycles. The number of carbonyl (C=O) groups excluding carboxylic acids is 1. The maximum absolute atomic E-state index is 12.9. The third-order valence-corrected chi connectivity index (χ3v) is 6.32. The second kappa shape index (κ2) is 7.98. The number of methoxy groups -OCH3 is 1. The first-order valence-corrected chi connectivity index (χ1v) is 9.79. The van der Waals surface area contributed by atoms with Crippen LogP contribution in [0.15, 0.2) is 23.1 Å². The van der Waals surface area contributed by atoms with Gasteiger partial charge in [-0.05, 0) is 38.0 Å². The molecule has 0 aromatic heterocycles. The second-order valence-corrected chi connectivity index (χ2v) is 7.94.